The third kappa shape index (κ3) is 4.10. The lowest BCUT2D eigenvalue weighted by Crippen LogP contribution is -3.08. The molecule has 0 aromatic heterocycles. The van der Waals surface area contributed by atoms with E-state index in [2.05, 4.69) is 25.0 Å². The number of halogens is 2. The Balaban J connectivity index is 0. The lowest BCUT2D eigenvalue weighted by atomic mass is 10.3. The third-order valence-electron chi connectivity index (χ3n) is 1.81. The summed E-state index contributed by atoms with van der Waals surface area (Å²) in [6.45, 7) is 5.49. The number of nitrogens with one attached hydrogen (secondary N) is 1. The smallest absolute Gasteiger partial charge is 0.202 e. The van der Waals surface area contributed by atoms with Gasteiger partial charge < -0.3 is 12.4 Å². The SMILES string of the molecule is CCCC[NH+]1C=CN=C1C.Cl.[Cl-]. The van der Waals surface area contributed by atoms with Crippen LogP contribution in [0.5, 0.6) is 0 Å². The summed E-state index contributed by atoms with van der Waals surface area (Å²) in [5, 5.41) is 0. The van der Waals surface area contributed by atoms with E-state index in [0.29, 0.717) is 0 Å². The average Bonchev–Trinajstić information content (AvgIpc) is 2.31. The van der Waals surface area contributed by atoms with Gasteiger partial charge in [0.2, 0.25) is 5.84 Å². The number of unbranched alkanes of at least 4 members (excludes halogenated alkanes) is 1. The molecule has 0 fully saturated rings. The number of amidine groups is 1. The predicted molar refractivity (Wildman–Crippen MR) is 50.2 cm³/mol. The molecule has 1 rings (SSSR count). The monoisotopic (exact) mass is 210 g/mol. The molecule has 0 spiro atoms. The van der Waals surface area contributed by atoms with Crippen LogP contribution in [0.2, 0.25) is 0 Å². The highest BCUT2D eigenvalue weighted by Crippen LogP contribution is 1.84. The zero-order chi connectivity index (χ0) is 7.40. The standard InChI is InChI=1S/C8H14N2.2ClH/c1-3-4-6-10-7-5-9-8(10)2;;/h5,7H,3-4,6H2,1-2H3;2*1H. The second kappa shape index (κ2) is 7.59. The number of nitrogens with zero attached hydrogens (tertiary/aromatic N) is 1. The first kappa shape index (κ1) is 14.5. The summed E-state index contributed by atoms with van der Waals surface area (Å²) in [6, 6.07) is 0. The van der Waals surface area contributed by atoms with Crippen molar-refractivity contribution >= 4 is 18.2 Å². The Morgan fingerprint density at radius 1 is 1.50 bits per heavy atom. The van der Waals surface area contributed by atoms with Crippen LogP contribution in [0.25, 0.3) is 0 Å². The normalized spacial score (nSPS) is 19.5. The van der Waals surface area contributed by atoms with Gasteiger partial charge in [-0.25, -0.2) is 4.99 Å². The molecule has 0 saturated heterocycles. The first-order valence-corrected chi connectivity index (χ1v) is 3.91. The molecule has 0 saturated carbocycles. The Bertz CT molecular complexity index is 166. The fourth-order valence-corrected chi connectivity index (χ4v) is 1.07. The summed E-state index contributed by atoms with van der Waals surface area (Å²) in [5.41, 5.74) is 0. The number of hydrogen-bond donors (Lipinski definition) is 1. The van der Waals surface area contributed by atoms with Crippen molar-refractivity contribution in [1.29, 1.82) is 0 Å². The molecule has 2 nitrogen and oxygen atoms in total. The highest BCUT2D eigenvalue weighted by atomic mass is 35.5. The minimum Gasteiger partial charge on any atom is -1.00 e. The van der Waals surface area contributed by atoms with Gasteiger partial charge in [0.05, 0.1) is 12.7 Å². The van der Waals surface area contributed by atoms with Gasteiger partial charge in [0.1, 0.15) is 6.20 Å². The Hall–Kier alpha value is -0.0500. The largest absolute Gasteiger partial charge is 1.00 e. The molecule has 0 radical (unpaired) electrons. The van der Waals surface area contributed by atoms with Crippen LogP contribution in [-0.4, -0.2) is 12.4 Å². The van der Waals surface area contributed by atoms with E-state index in [9.17, 15) is 0 Å². The maximum atomic E-state index is 4.17. The van der Waals surface area contributed by atoms with E-state index >= 15 is 0 Å². The number of quaternary nitrogens is 1. The van der Waals surface area contributed by atoms with E-state index < -0.39 is 0 Å². The zero-order valence-electron chi connectivity index (χ0n) is 7.51. The molecule has 0 aliphatic carbocycles. The van der Waals surface area contributed by atoms with Crippen LogP contribution < -0.4 is 17.3 Å². The number of rotatable bonds is 3. The minimum absolute atomic E-state index is 0. The van der Waals surface area contributed by atoms with Crippen LogP contribution in [0.15, 0.2) is 17.4 Å². The summed E-state index contributed by atoms with van der Waals surface area (Å²) in [5.74, 6) is 1.20. The molecule has 1 heterocycles. The van der Waals surface area contributed by atoms with E-state index in [1.807, 2.05) is 6.20 Å². The van der Waals surface area contributed by atoms with E-state index in [4.69, 9.17) is 0 Å². The van der Waals surface area contributed by atoms with Gasteiger partial charge in [-0.15, -0.1) is 12.4 Å². The van der Waals surface area contributed by atoms with Crippen molar-refractivity contribution in [3.63, 3.8) is 0 Å². The Morgan fingerprint density at radius 3 is 2.58 bits per heavy atom. The first-order valence-electron chi connectivity index (χ1n) is 3.91. The van der Waals surface area contributed by atoms with Gasteiger partial charge in [0, 0.05) is 6.92 Å². The molecule has 1 N–H and O–H groups in total. The van der Waals surface area contributed by atoms with Crippen molar-refractivity contribution in [2.45, 2.75) is 26.7 Å². The molecule has 1 aliphatic heterocycles. The number of aliphatic imine (C=N–C) groups is 1. The maximum absolute atomic E-state index is 4.17. The van der Waals surface area contributed by atoms with Crippen LogP contribution in [0, 0.1) is 0 Å². The van der Waals surface area contributed by atoms with Crippen molar-refractivity contribution in [2.24, 2.45) is 4.99 Å². The van der Waals surface area contributed by atoms with Gasteiger partial charge in [0.15, 0.2) is 0 Å². The van der Waals surface area contributed by atoms with Gasteiger partial charge in [-0.1, -0.05) is 13.3 Å². The molecule has 1 unspecified atom stereocenters. The van der Waals surface area contributed by atoms with Crippen LogP contribution in [0.4, 0.5) is 0 Å². The predicted octanol–water partition coefficient (Wildman–Crippen LogP) is -2.00. The van der Waals surface area contributed by atoms with Crippen molar-refractivity contribution in [3.8, 4) is 0 Å². The number of hydrogen-bond acceptors (Lipinski definition) is 1. The van der Waals surface area contributed by atoms with E-state index in [1.54, 1.807) is 0 Å². The van der Waals surface area contributed by atoms with E-state index in [-0.39, 0.29) is 24.8 Å². The van der Waals surface area contributed by atoms with Gasteiger partial charge >= 0.3 is 0 Å². The van der Waals surface area contributed by atoms with Crippen molar-refractivity contribution in [1.82, 2.24) is 0 Å². The minimum atomic E-state index is 0. The fraction of sp³-hybridized carbons (Fsp3) is 0.625. The fourth-order valence-electron chi connectivity index (χ4n) is 1.07. The molecule has 0 aromatic rings. The van der Waals surface area contributed by atoms with Crippen molar-refractivity contribution in [2.75, 3.05) is 6.54 Å². The molecular formula is C8H16Cl2N2. The van der Waals surface area contributed by atoms with Crippen LogP contribution in [0.1, 0.15) is 26.7 Å². The molecular weight excluding hydrogens is 195 g/mol. The van der Waals surface area contributed by atoms with Crippen LogP contribution >= 0.6 is 12.4 Å². The molecule has 0 bridgehead atoms. The highest BCUT2D eigenvalue weighted by molar-refractivity contribution is 5.85. The second-order valence-electron chi connectivity index (χ2n) is 2.66. The first-order chi connectivity index (χ1) is 4.84. The summed E-state index contributed by atoms with van der Waals surface area (Å²) in [7, 11) is 0. The van der Waals surface area contributed by atoms with Gasteiger partial charge in [0.25, 0.3) is 0 Å². The highest BCUT2D eigenvalue weighted by Gasteiger charge is 2.11. The lowest BCUT2D eigenvalue weighted by molar-refractivity contribution is -0.745. The lowest BCUT2D eigenvalue weighted by Gasteiger charge is -2.07. The Kier molecular flexibility index (Phi) is 9.16. The topological polar surface area (TPSA) is 16.8 Å². The van der Waals surface area contributed by atoms with Gasteiger partial charge in [-0.3, -0.25) is 4.90 Å². The van der Waals surface area contributed by atoms with Crippen LogP contribution in [0.3, 0.4) is 0 Å². The summed E-state index contributed by atoms with van der Waals surface area (Å²) in [4.78, 5) is 5.59. The Labute approximate surface area is 86.6 Å². The molecule has 1 atom stereocenters. The second-order valence-corrected chi connectivity index (χ2v) is 2.66. The van der Waals surface area contributed by atoms with E-state index in [1.165, 1.54) is 30.1 Å². The third-order valence-corrected chi connectivity index (χ3v) is 1.81. The zero-order valence-corrected chi connectivity index (χ0v) is 9.08. The quantitative estimate of drug-likeness (QED) is 0.556. The Morgan fingerprint density at radius 2 is 2.17 bits per heavy atom. The summed E-state index contributed by atoms with van der Waals surface area (Å²) >= 11 is 0. The molecule has 12 heavy (non-hydrogen) atoms. The average molecular weight is 211 g/mol. The molecule has 72 valence electrons. The van der Waals surface area contributed by atoms with Gasteiger partial charge in [-0.2, -0.15) is 0 Å². The summed E-state index contributed by atoms with van der Waals surface area (Å²) < 4.78 is 0. The molecule has 0 amide bonds. The van der Waals surface area contributed by atoms with E-state index in [0.717, 1.165) is 0 Å². The van der Waals surface area contributed by atoms with Crippen molar-refractivity contribution < 1.29 is 17.3 Å². The molecule has 1 aliphatic rings. The summed E-state index contributed by atoms with van der Waals surface area (Å²) in [6.07, 6.45) is 6.56. The maximum Gasteiger partial charge on any atom is 0.202 e. The van der Waals surface area contributed by atoms with Crippen LogP contribution in [-0.2, 0) is 0 Å². The van der Waals surface area contributed by atoms with Gasteiger partial charge in [-0.05, 0) is 6.42 Å². The van der Waals surface area contributed by atoms with Crippen molar-refractivity contribution in [3.05, 3.63) is 12.4 Å². The molecule has 4 heteroatoms. The molecule has 0 aromatic carbocycles.